The maximum absolute atomic E-state index is 12.2. The molecule has 2 rings (SSSR count). The zero-order valence-corrected chi connectivity index (χ0v) is 13.6. The van der Waals surface area contributed by atoms with Crippen molar-refractivity contribution in [2.45, 2.75) is 46.1 Å². The van der Waals surface area contributed by atoms with Crippen LogP contribution in [0, 0.1) is 5.41 Å². The lowest BCUT2D eigenvalue weighted by molar-refractivity contribution is -0.134. The van der Waals surface area contributed by atoms with E-state index in [9.17, 15) is 9.59 Å². The number of likely N-dealkylation sites (tertiary alicyclic amines) is 1. The number of pyridine rings is 1. The highest BCUT2D eigenvalue weighted by molar-refractivity contribution is 5.94. The van der Waals surface area contributed by atoms with Gasteiger partial charge in [-0.15, -0.1) is 0 Å². The molecule has 120 valence electrons. The third-order valence-corrected chi connectivity index (χ3v) is 3.79. The summed E-state index contributed by atoms with van der Waals surface area (Å²) in [7, 11) is 0. The molecule has 1 fully saturated rings. The molecule has 0 bridgehead atoms. The molecule has 0 saturated carbocycles. The molecular formula is C17H25N3O2. The van der Waals surface area contributed by atoms with Gasteiger partial charge in [-0.05, 0) is 30.4 Å². The van der Waals surface area contributed by atoms with Crippen molar-refractivity contribution >= 4 is 11.8 Å². The van der Waals surface area contributed by atoms with Crippen LogP contribution in [0.1, 0.15) is 50.4 Å². The van der Waals surface area contributed by atoms with Crippen LogP contribution in [-0.2, 0) is 4.79 Å². The summed E-state index contributed by atoms with van der Waals surface area (Å²) in [6.07, 6.45) is 5.40. The van der Waals surface area contributed by atoms with Gasteiger partial charge < -0.3 is 10.2 Å². The van der Waals surface area contributed by atoms with Crippen molar-refractivity contribution in [3.63, 3.8) is 0 Å². The molecule has 0 radical (unpaired) electrons. The van der Waals surface area contributed by atoms with Crippen molar-refractivity contribution < 1.29 is 9.59 Å². The van der Waals surface area contributed by atoms with Crippen LogP contribution in [0.25, 0.3) is 0 Å². The minimum atomic E-state index is -0.0902. The van der Waals surface area contributed by atoms with Gasteiger partial charge in [0.25, 0.3) is 5.91 Å². The first-order valence-corrected chi connectivity index (χ1v) is 7.84. The number of aromatic nitrogens is 1. The van der Waals surface area contributed by atoms with Gasteiger partial charge in [-0.3, -0.25) is 14.6 Å². The summed E-state index contributed by atoms with van der Waals surface area (Å²) in [5.74, 6) is 0.122. The minimum Gasteiger partial charge on any atom is -0.349 e. The summed E-state index contributed by atoms with van der Waals surface area (Å²) in [5, 5.41) is 3.03. The predicted molar refractivity (Wildman–Crippen MR) is 85.4 cm³/mol. The van der Waals surface area contributed by atoms with E-state index >= 15 is 0 Å². The van der Waals surface area contributed by atoms with Crippen LogP contribution in [-0.4, -0.2) is 40.8 Å². The number of hydrogen-bond donors (Lipinski definition) is 1. The van der Waals surface area contributed by atoms with E-state index in [-0.39, 0.29) is 23.3 Å². The molecule has 0 aliphatic carbocycles. The molecule has 22 heavy (non-hydrogen) atoms. The van der Waals surface area contributed by atoms with E-state index in [0.29, 0.717) is 25.1 Å². The highest BCUT2D eigenvalue weighted by atomic mass is 16.2. The van der Waals surface area contributed by atoms with E-state index in [1.54, 1.807) is 24.5 Å². The van der Waals surface area contributed by atoms with Crippen LogP contribution >= 0.6 is 0 Å². The molecule has 1 saturated heterocycles. The van der Waals surface area contributed by atoms with Crippen LogP contribution in [0.3, 0.4) is 0 Å². The fourth-order valence-corrected chi connectivity index (χ4v) is 2.60. The number of piperidine rings is 1. The normalized spacial score (nSPS) is 16.4. The van der Waals surface area contributed by atoms with E-state index in [4.69, 9.17) is 0 Å². The quantitative estimate of drug-likeness (QED) is 0.931. The van der Waals surface area contributed by atoms with Gasteiger partial charge in [0.2, 0.25) is 5.91 Å². The van der Waals surface area contributed by atoms with Crippen molar-refractivity contribution in [2.75, 3.05) is 13.1 Å². The summed E-state index contributed by atoms with van der Waals surface area (Å²) in [6, 6.07) is 3.64. The van der Waals surface area contributed by atoms with Crippen molar-refractivity contribution in [3.8, 4) is 0 Å². The van der Waals surface area contributed by atoms with Gasteiger partial charge >= 0.3 is 0 Å². The lowest BCUT2D eigenvalue weighted by atomic mass is 9.91. The molecule has 0 spiro atoms. The molecule has 0 unspecified atom stereocenters. The molecule has 1 aliphatic rings. The fourth-order valence-electron chi connectivity index (χ4n) is 2.60. The van der Waals surface area contributed by atoms with Gasteiger partial charge in [0.1, 0.15) is 0 Å². The predicted octanol–water partition coefficient (Wildman–Crippen LogP) is 2.24. The zero-order valence-electron chi connectivity index (χ0n) is 13.6. The molecule has 1 aromatic rings. The van der Waals surface area contributed by atoms with Crippen LogP contribution < -0.4 is 5.32 Å². The van der Waals surface area contributed by atoms with Crippen LogP contribution in [0.2, 0.25) is 0 Å². The first kappa shape index (κ1) is 16.5. The number of amides is 2. The maximum atomic E-state index is 12.2. The standard InChI is InChI=1S/C17H25N3O2/c1-17(2,3)11-15(21)20-9-6-14(7-10-20)19-16(22)13-5-4-8-18-12-13/h4-5,8,12,14H,6-7,9-11H2,1-3H3,(H,19,22). The average molecular weight is 303 g/mol. The minimum absolute atomic E-state index is 0.0163. The fraction of sp³-hybridized carbons (Fsp3) is 0.588. The summed E-state index contributed by atoms with van der Waals surface area (Å²) in [6.45, 7) is 7.66. The van der Waals surface area contributed by atoms with E-state index in [1.807, 2.05) is 4.90 Å². The average Bonchev–Trinajstić information content (AvgIpc) is 2.47. The summed E-state index contributed by atoms with van der Waals surface area (Å²) < 4.78 is 0. The Morgan fingerprint density at radius 3 is 2.55 bits per heavy atom. The Morgan fingerprint density at radius 1 is 1.32 bits per heavy atom. The number of carbonyl (C=O) groups excluding carboxylic acids is 2. The molecule has 5 nitrogen and oxygen atoms in total. The molecule has 0 aromatic carbocycles. The largest absolute Gasteiger partial charge is 0.349 e. The van der Waals surface area contributed by atoms with Crippen molar-refractivity contribution in [3.05, 3.63) is 30.1 Å². The monoisotopic (exact) mass is 303 g/mol. The first-order chi connectivity index (χ1) is 10.3. The Bertz CT molecular complexity index is 514. The summed E-state index contributed by atoms with van der Waals surface area (Å²) in [5.41, 5.74) is 0.594. The van der Waals surface area contributed by atoms with Gasteiger partial charge in [-0.2, -0.15) is 0 Å². The number of nitrogens with one attached hydrogen (secondary N) is 1. The molecule has 0 atom stereocenters. The van der Waals surface area contributed by atoms with Crippen molar-refractivity contribution in [1.29, 1.82) is 0 Å². The lowest BCUT2D eigenvalue weighted by Crippen LogP contribution is -2.47. The van der Waals surface area contributed by atoms with Gasteiger partial charge in [0, 0.05) is 37.9 Å². The SMILES string of the molecule is CC(C)(C)CC(=O)N1CCC(NC(=O)c2cccnc2)CC1. The van der Waals surface area contributed by atoms with E-state index in [2.05, 4.69) is 31.1 Å². The molecule has 1 N–H and O–H groups in total. The smallest absolute Gasteiger partial charge is 0.253 e. The van der Waals surface area contributed by atoms with E-state index in [0.717, 1.165) is 12.8 Å². The third kappa shape index (κ3) is 4.83. The maximum Gasteiger partial charge on any atom is 0.253 e. The number of hydrogen-bond acceptors (Lipinski definition) is 3. The van der Waals surface area contributed by atoms with E-state index in [1.165, 1.54) is 0 Å². The summed E-state index contributed by atoms with van der Waals surface area (Å²) in [4.78, 5) is 30.1. The number of rotatable bonds is 3. The van der Waals surface area contributed by atoms with Gasteiger partial charge in [0.15, 0.2) is 0 Å². The number of nitrogens with zero attached hydrogens (tertiary/aromatic N) is 2. The second-order valence-corrected chi connectivity index (χ2v) is 7.11. The highest BCUT2D eigenvalue weighted by Gasteiger charge is 2.26. The Kier molecular flexibility index (Phi) is 5.16. The van der Waals surface area contributed by atoms with Crippen molar-refractivity contribution in [2.24, 2.45) is 5.41 Å². The Labute approximate surface area is 132 Å². The third-order valence-electron chi connectivity index (χ3n) is 3.79. The second kappa shape index (κ2) is 6.90. The second-order valence-electron chi connectivity index (χ2n) is 7.11. The first-order valence-electron chi connectivity index (χ1n) is 7.84. The van der Waals surface area contributed by atoms with Crippen LogP contribution in [0.15, 0.2) is 24.5 Å². The Hall–Kier alpha value is -1.91. The zero-order chi connectivity index (χ0) is 16.2. The highest BCUT2D eigenvalue weighted by Crippen LogP contribution is 2.21. The lowest BCUT2D eigenvalue weighted by Gasteiger charge is -2.34. The molecule has 2 heterocycles. The molecule has 5 heteroatoms. The Balaban J connectivity index is 1.80. The topological polar surface area (TPSA) is 62.3 Å². The van der Waals surface area contributed by atoms with E-state index < -0.39 is 0 Å². The molecule has 1 aliphatic heterocycles. The Morgan fingerprint density at radius 2 is 2.00 bits per heavy atom. The molecule has 1 aromatic heterocycles. The van der Waals surface area contributed by atoms with Crippen LogP contribution in [0.4, 0.5) is 0 Å². The number of carbonyl (C=O) groups is 2. The molecular weight excluding hydrogens is 278 g/mol. The summed E-state index contributed by atoms with van der Waals surface area (Å²) >= 11 is 0. The van der Waals surface area contributed by atoms with Crippen molar-refractivity contribution in [1.82, 2.24) is 15.2 Å². The van der Waals surface area contributed by atoms with Gasteiger partial charge in [0.05, 0.1) is 5.56 Å². The van der Waals surface area contributed by atoms with Crippen LogP contribution in [0.5, 0.6) is 0 Å². The van der Waals surface area contributed by atoms with Gasteiger partial charge in [-0.25, -0.2) is 0 Å². The van der Waals surface area contributed by atoms with Gasteiger partial charge in [-0.1, -0.05) is 20.8 Å². The molecule has 2 amide bonds.